The Morgan fingerprint density at radius 1 is 1.18 bits per heavy atom. The topological polar surface area (TPSA) is 43.9 Å². The predicted octanol–water partition coefficient (Wildman–Crippen LogP) is 1.17. The molecular weight excluding hydrogens is 305 g/mol. The highest BCUT2D eigenvalue weighted by Crippen LogP contribution is 2.29. The van der Waals surface area contributed by atoms with Crippen molar-refractivity contribution in [3.8, 4) is 0 Å². The summed E-state index contributed by atoms with van der Waals surface area (Å²) in [6, 6.07) is 0.288. The molecule has 22 heavy (non-hydrogen) atoms. The van der Waals surface area contributed by atoms with Gasteiger partial charge in [0.15, 0.2) is 0 Å². The van der Waals surface area contributed by atoms with Crippen molar-refractivity contribution in [1.82, 2.24) is 14.1 Å². The summed E-state index contributed by atoms with van der Waals surface area (Å²) < 4.78 is 40.2. The van der Waals surface area contributed by atoms with Crippen LogP contribution in [0.25, 0.3) is 0 Å². The molecule has 0 saturated carbocycles. The van der Waals surface area contributed by atoms with E-state index in [-0.39, 0.29) is 11.8 Å². The van der Waals surface area contributed by atoms with E-state index in [0.29, 0.717) is 32.5 Å². The lowest BCUT2D eigenvalue weighted by atomic mass is 9.92. The zero-order valence-corrected chi connectivity index (χ0v) is 14.9. The Labute approximate surface area is 134 Å². The number of hydrogen-bond donors (Lipinski definition) is 0. The van der Waals surface area contributed by atoms with Crippen LogP contribution in [0.5, 0.6) is 0 Å². The molecule has 7 heteroatoms. The Bertz CT molecular complexity index is 455. The average molecular weight is 335 g/mol. The van der Waals surface area contributed by atoms with Crippen molar-refractivity contribution in [1.29, 1.82) is 0 Å². The number of rotatable bonds is 5. The van der Waals surface area contributed by atoms with Crippen LogP contribution in [0, 0.1) is 0 Å². The van der Waals surface area contributed by atoms with Crippen LogP contribution >= 0.6 is 0 Å². The fourth-order valence-corrected chi connectivity index (χ4v) is 4.63. The van der Waals surface area contributed by atoms with Crippen LogP contribution in [-0.4, -0.2) is 86.8 Å². The fourth-order valence-electron chi connectivity index (χ4n) is 3.50. The van der Waals surface area contributed by atoms with E-state index in [1.54, 1.807) is 11.2 Å². The van der Waals surface area contributed by atoms with Crippen molar-refractivity contribution in [2.75, 3.05) is 52.6 Å². The maximum absolute atomic E-state index is 14.9. The number of piperidine rings is 2. The molecule has 0 unspecified atom stereocenters. The molecule has 0 spiro atoms. The van der Waals surface area contributed by atoms with Crippen molar-refractivity contribution in [3.05, 3.63) is 0 Å². The van der Waals surface area contributed by atoms with E-state index in [0.717, 1.165) is 25.9 Å². The van der Waals surface area contributed by atoms with E-state index in [2.05, 4.69) is 9.80 Å². The van der Waals surface area contributed by atoms with Crippen LogP contribution in [0.4, 0.5) is 4.39 Å². The first kappa shape index (κ1) is 18.1. The summed E-state index contributed by atoms with van der Waals surface area (Å²) in [5.74, 6) is 0.161. The minimum absolute atomic E-state index is 0.161. The molecule has 0 atom stereocenters. The lowest BCUT2D eigenvalue weighted by Crippen LogP contribution is -2.51. The number of likely N-dealkylation sites (tertiary alicyclic amines) is 1. The highest BCUT2D eigenvalue weighted by Gasteiger charge is 2.37. The van der Waals surface area contributed by atoms with Crippen LogP contribution in [0.15, 0.2) is 0 Å². The molecule has 0 aromatic carbocycles. The first-order chi connectivity index (χ1) is 10.3. The fraction of sp³-hybridized carbons (Fsp3) is 1.00. The Balaban J connectivity index is 1.84. The largest absolute Gasteiger partial charge is 0.306 e. The third-order valence-corrected chi connectivity index (χ3v) is 7.10. The van der Waals surface area contributed by atoms with Gasteiger partial charge >= 0.3 is 0 Å². The molecular formula is C15H30FN3O2S. The summed E-state index contributed by atoms with van der Waals surface area (Å²) in [5, 5.41) is 0. The molecule has 0 amide bonds. The maximum Gasteiger partial charge on any atom is 0.213 e. The first-order valence-electron chi connectivity index (χ1n) is 8.31. The van der Waals surface area contributed by atoms with Crippen molar-refractivity contribution in [2.45, 2.75) is 44.3 Å². The minimum Gasteiger partial charge on any atom is -0.306 e. The molecule has 2 saturated heterocycles. The molecule has 0 radical (unpaired) electrons. The maximum atomic E-state index is 14.9. The van der Waals surface area contributed by atoms with Crippen molar-refractivity contribution >= 4 is 10.0 Å². The molecule has 130 valence electrons. The van der Waals surface area contributed by atoms with Gasteiger partial charge in [-0.15, -0.1) is 0 Å². The first-order valence-corrected chi connectivity index (χ1v) is 9.92. The van der Waals surface area contributed by atoms with E-state index in [1.807, 2.05) is 14.1 Å². The zero-order valence-electron chi connectivity index (χ0n) is 14.1. The van der Waals surface area contributed by atoms with E-state index in [1.165, 1.54) is 0 Å². The molecule has 2 heterocycles. The van der Waals surface area contributed by atoms with Gasteiger partial charge in [0.25, 0.3) is 0 Å². The normalized spacial score (nSPS) is 25.7. The monoisotopic (exact) mass is 335 g/mol. The summed E-state index contributed by atoms with van der Waals surface area (Å²) >= 11 is 0. The molecule has 2 fully saturated rings. The van der Waals surface area contributed by atoms with Crippen LogP contribution in [0.2, 0.25) is 0 Å². The molecule has 0 aromatic heterocycles. The van der Waals surface area contributed by atoms with E-state index < -0.39 is 15.7 Å². The second-order valence-electron chi connectivity index (χ2n) is 6.90. The van der Waals surface area contributed by atoms with Crippen LogP contribution in [-0.2, 0) is 10.0 Å². The second-order valence-corrected chi connectivity index (χ2v) is 9.16. The van der Waals surface area contributed by atoms with E-state index in [4.69, 9.17) is 0 Å². The SMILES string of the molecule is CCS(=O)(=O)N1CCC(N(C)CC2(F)CCN(C)CC2)CC1. The summed E-state index contributed by atoms with van der Waals surface area (Å²) in [4.78, 5) is 4.28. The Kier molecular flexibility index (Phi) is 5.85. The lowest BCUT2D eigenvalue weighted by Gasteiger charge is -2.41. The van der Waals surface area contributed by atoms with Gasteiger partial charge in [0.2, 0.25) is 10.0 Å². The Hall–Kier alpha value is -0.240. The minimum atomic E-state index is -3.08. The van der Waals surface area contributed by atoms with E-state index in [9.17, 15) is 12.8 Å². The van der Waals surface area contributed by atoms with Gasteiger partial charge < -0.3 is 9.80 Å². The number of hydrogen-bond acceptors (Lipinski definition) is 4. The summed E-state index contributed by atoms with van der Waals surface area (Å²) in [6.45, 7) is 4.90. The van der Waals surface area contributed by atoms with Gasteiger partial charge in [-0.25, -0.2) is 17.1 Å². The lowest BCUT2D eigenvalue weighted by molar-refractivity contribution is 0.0201. The van der Waals surface area contributed by atoms with Crippen LogP contribution < -0.4 is 0 Å². The van der Waals surface area contributed by atoms with Gasteiger partial charge in [-0.3, -0.25) is 0 Å². The third kappa shape index (κ3) is 4.40. The summed E-state index contributed by atoms with van der Waals surface area (Å²) in [5.41, 5.74) is -1.09. The van der Waals surface area contributed by atoms with Gasteiger partial charge in [0, 0.05) is 38.8 Å². The quantitative estimate of drug-likeness (QED) is 0.756. The number of alkyl halides is 1. The van der Waals surface area contributed by atoms with Crippen LogP contribution in [0.3, 0.4) is 0 Å². The highest BCUT2D eigenvalue weighted by atomic mass is 32.2. The van der Waals surface area contributed by atoms with Gasteiger partial charge in [-0.2, -0.15) is 0 Å². The second kappa shape index (κ2) is 7.11. The molecule has 0 N–H and O–H groups in total. The van der Waals surface area contributed by atoms with Crippen molar-refractivity contribution < 1.29 is 12.8 Å². The van der Waals surface area contributed by atoms with Gasteiger partial charge in [0.1, 0.15) is 5.67 Å². The number of halogens is 1. The molecule has 0 bridgehead atoms. The standard InChI is InChI=1S/C15H30FN3O2S/c1-4-22(20,21)19-9-5-14(6-10-19)18(3)13-15(16)7-11-17(2)12-8-15/h14H,4-13H2,1-3H3. The Morgan fingerprint density at radius 3 is 2.23 bits per heavy atom. The molecule has 2 aliphatic rings. The predicted molar refractivity (Wildman–Crippen MR) is 87.3 cm³/mol. The third-order valence-electron chi connectivity index (χ3n) is 5.22. The van der Waals surface area contributed by atoms with E-state index >= 15 is 0 Å². The number of sulfonamides is 1. The Morgan fingerprint density at radius 2 is 1.73 bits per heavy atom. The molecule has 0 aromatic rings. The highest BCUT2D eigenvalue weighted by molar-refractivity contribution is 7.89. The summed E-state index contributed by atoms with van der Waals surface area (Å²) in [6.07, 6.45) is 2.78. The van der Waals surface area contributed by atoms with Gasteiger partial charge in [-0.05, 0) is 46.7 Å². The van der Waals surface area contributed by atoms with Gasteiger partial charge in [-0.1, -0.05) is 0 Å². The van der Waals surface area contributed by atoms with Crippen LogP contribution in [0.1, 0.15) is 32.6 Å². The van der Waals surface area contributed by atoms with Crippen molar-refractivity contribution in [3.63, 3.8) is 0 Å². The molecule has 5 nitrogen and oxygen atoms in total. The molecule has 2 rings (SSSR count). The molecule has 2 aliphatic heterocycles. The number of nitrogens with zero attached hydrogens (tertiary/aromatic N) is 3. The van der Waals surface area contributed by atoms with Gasteiger partial charge in [0.05, 0.1) is 5.75 Å². The average Bonchev–Trinajstić information content (AvgIpc) is 2.50. The smallest absolute Gasteiger partial charge is 0.213 e. The summed E-state index contributed by atoms with van der Waals surface area (Å²) in [7, 11) is 0.935. The van der Waals surface area contributed by atoms with Crippen molar-refractivity contribution in [2.24, 2.45) is 0 Å². The zero-order chi connectivity index (χ0) is 16.4. The molecule has 0 aliphatic carbocycles.